The second-order valence-corrected chi connectivity index (χ2v) is 4.82. The van der Waals surface area contributed by atoms with Crippen LogP contribution >= 0.6 is 0 Å². The number of aromatic nitrogens is 1. The molecule has 0 aromatic carbocycles. The van der Waals surface area contributed by atoms with Gasteiger partial charge in [-0.1, -0.05) is 6.07 Å². The van der Waals surface area contributed by atoms with Crippen molar-refractivity contribution in [2.45, 2.75) is 39.0 Å². The zero-order valence-electron chi connectivity index (χ0n) is 11.4. The number of rotatable bonds is 7. The lowest BCUT2D eigenvalue weighted by Crippen LogP contribution is -2.44. The van der Waals surface area contributed by atoms with Crippen LogP contribution in [0.15, 0.2) is 18.3 Å². The Kier molecular flexibility index (Phi) is 5.26. The van der Waals surface area contributed by atoms with Crippen LogP contribution in [-0.4, -0.2) is 39.4 Å². The lowest BCUT2D eigenvalue weighted by Gasteiger charge is -2.19. The predicted molar refractivity (Wildman–Crippen MR) is 70.0 cm³/mol. The van der Waals surface area contributed by atoms with Crippen LogP contribution in [0.3, 0.4) is 0 Å². The Morgan fingerprint density at radius 2 is 2.26 bits per heavy atom. The van der Waals surface area contributed by atoms with Crippen LogP contribution in [0, 0.1) is 0 Å². The number of nitrogens with one attached hydrogen (secondary N) is 1. The SMILES string of the molecule is CC(C)Oc1ncccc1CNCC(C)(O)C(=O)O. The molecule has 0 aliphatic heterocycles. The Bertz CT molecular complexity index is 432. The van der Waals surface area contributed by atoms with Crippen molar-refractivity contribution < 1.29 is 19.7 Å². The molecule has 0 amide bonds. The minimum atomic E-state index is -1.79. The van der Waals surface area contributed by atoms with Crippen molar-refractivity contribution >= 4 is 5.97 Å². The lowest BCUT2D eigenvalue weighted by atomic mass is 10.1. The summed E-state index contributed by atoms with van der Waals surface area (Å²) in [7, 11) is 0. The Hall–Kier alpha value is -1.66. The van der Waals surface area contributed by atoms with Crippen molar-refractivity contribution in [2.24, 2.45) is 0 Å². The number of hydrogen-bond acceptors (Lipinski definition) is 5. The number of ether oxygens (including phenoxy) is 1. The minimum Gasteiger partial charge on any atom is -0.479 e. The van der Waals surface area contributed by atoms with Gasteiger partial charge in [0.2, 0.25) is 5.88 Å². The van der Waals surface area contributed by atoms with E-state index in [1.54, 1.807) is 12.3 Å². The van der Waals surface area contributed by atoms with Crippen molar-refractivity contribution in [3.8, 4) is 5.88 Å². The van der Waals surface area contributed by atoms with Crippen molar-refractivity contribution in [1.82, 2.24) is 10.3 Å². The van der Waals surface area contributed by atoms with Crippen LogP contribution in [0.2, 0.25) is 0 Å². The molecule has 106 valence electrons. The van der Waals surface area contributed by atoms with Crippen molar-refractivity contribution in [2.75, 3.05) is 6.54 Å². The number of nitrogens with zero attached hydrogens (tertiary/aromatic N) is 1. The molecule has 6 nitrogen and oxygen atoms in total. The first-order valence-corrected chi connectivity index (χ1v) is 6.10. The van der Waals surface area contributed by atoms with E-state index in [1.807, 2.05) is 19.9 Å². The molecule has 0 bridgehead atoms. The summed E-state index contributed by atoms with van der Waals surface area (Å²) in [4.78, 5) is 14.9. The first-order valence-electron chi connectivity index (χ1n) is 6.10. The van der Waals surface area contributed by atoms with Crippen LogP contribution in [-0.2, 0) is 11.3 Å². The Labute approximate surface area is 112 Å². The third kappa shape index (κ3) is 4.84. The molecule has 19 heavy (non-hydrogen) atoms. The summed E-state index contributed by atoms with van der Waals surface area (Å²) in [5.74, 6) is -0.746. The van der Waals surface area contributed by atoms with E-state index >= 15 is 0 Å². The number of carbonyl (C=O) groups is 1. The molecule has 1 rings (SSSR count). The average Bonchev–Trinajstić information content (AvgIpc) is 2.30. The average molecular weight is 268 g/mol. The smallest absolute Gasteiger partial charge is 0.336 e. The molecule has 0 spiro atoms. The van der Waals surface area contributed by atoms with Crippen molar-refractivity contribution in [3.05, 3.63) is 23.9 Å². The highest BCUT2D eigenvalue weighted by Crippen LogP contribution is 2.15. The highest BCUT2D eigenvalue weighted by atomic mass is 16.5. The number of carboxylic acid groups (broad SMARTS) is 1. The van der Waals surface area contributed by atoms with Crippen molar-refractivity contribution in [3.63, 3.8) is 0 Å². The van der Waals surface area contributed by atoms with E-state index in [9.17, 15) is 9.90 Å². The van der Waals surface area contributed by atoms with Gasteiger partial charge >= 0.3 is 5.97 Å². The topological polar surface area (TPSA) is 91.7 Å². The molecule has 3 N–H and O–H groups in total. The van der Waals surface area contributed by atoms with Gasteiger partial charge in [0.1, 0.15) is 0 Å². The summed E-state index contributed by atoms with van der Waals surface area (Å²) in [5, 5.41) is 21.2. The largest absolute Gasteiger partial charge is 0.479 e. The van der Waals surface area contributed by atoms with E-state index in [1.165, 1.54) is 6.92 Å². The predicted octanol–water partition coefficient (Wildman–Crippen LogP) is 0.794. The molecule has 1 aromatic rings. The molecule has 1 heterocycles. The number of aliphatic carboxylic acids is 1. The molecule has 1 atom stereocenters. The van der Waals surface area contributed by atoms with Gasteiger partial charge in [-0.25, -0.2) is 9.78 Å². The maximum atomic E-state index is 10.7. The molecule has 1 unspecified atom stereocenters. The van der Waals surface area contributed by atoms with E-state index in [0.29, 0.717) is 12.4 Å². The van der Waals surface area contributed by atoms with Gasteiger partial charge in [0.15, 0.2) is 5.60 Å². The van der Waals surface area contributed by atoms with Crippen molar-refractivity contribution in [1.29, 1.82) is 0 Å². The van der Waals surface area contributed by atoms with Crippen LogP contribution in [0.1, 0.15) is 26.3 Å². The molecule has 0 aliphatic rings. The van der Waals surface area contributed by atoms with E-state index < -0.39 is 11.6 Å². The van der Waals surface area contributed by atoms with E-state index in [0.717, 1.165) is 5.56 Å². The Morgan fingerprint density at radius 1 is 1.58 bits per heavy atom. The highest BCUT2D eigenvalue weighted by molar-refractivity contribution is 5.76. The van der Waals surface area contributed by atoms with Gasteiger partial charge in [0.05, 0.1) is 6.10 Å². The van der Waals surface area contributed by atoms with Gasteiger partial charge in [0, 0.05) is 24.8 Å². The van der Waals surface area contributed by atoms with Gasteiger partial charge in [-0.05, 0) is 26.8 Å². The molecule has 0 saturated carbocycles. The number of carboxylic acids is 1. The molecule has 6 heteroatoms. The van der Waals surface area contributed by atoms with E-state index in [2.05, 4.69) is 10.3 Å². The van der Waals surface area contributed by atoms with Crippen LogP contribution < -0.4 is 10.1 Å². The summed E-state index contributed by atoms with van der Waals surface area (Å²) in [6.07, 6.45) is 1.64. The highest BCUT2D eigenvalue weighted by Gasteiger charge is 2.29. The number of hydrogen-bond donors (Lipinski definition) is 3. The monoisotopic (exact) mass is 268 g/mol. The molecule has 0 radical (unpaired) electrons. The summed E-state index contributed by atoms with van der Waals surface area (Å²) < 4.78 is 5.55. The molecule has 0 saturated heterocycles. The van der Waals surface area contributed by atoms with Crippen LogP contribution in [0.4, 0.5) is 0 Å². The fourth-order valence-corrected chi connectivity index (χ4v) is 1.40. The zero-order valence-corrected chi connectivity index (χ0v) is 11.4. The van der Waals surface area contributed by atoms with Gasteiger partial charge in [-0.15, -0.1) is 0 Å². The Morgan fingerprint density at radius 3 is 2.84 bits per heavy atom. The molecular formula is C13H20N2O4. The van der Waals surface area contributed by atoms with E-state index in [-0.39, 0.29) is 12.6 Å². The molecule has 0 fully saturated rings. The second-order valence-electron chi connectivity index (χ2n) is 4.82. The molecule has 1 aromatic heterocycles. The maximum absolute atomic E-state index is 10.7. The van der Waals surface area contributed by atoms with Gasteiger partial charge < -0.3 is 20.3 Å². The van der Waals surface area contributed by atoms with Crippen LogP contribution in [0.5, 0.6) is 5.88 Å². The number of aliphatic hydroxyl groups is 1. The second kappa shape index (κ2) is 6.49. The standard InChI is InChI=1S/C13H20N2O4/c1-9(2)19-11-10(5-4-6-15-11)7-14-8-13(3,18)12(16)17/h4-6,9,14,18H,7-8H2,1-3H3,(H,16,17). The number of pyridine rings is 1. The normalized spacial score (nSPS) is 14.2. The summed E-state index contributed by atoms with van der Waals surface area (Å²) >= 11 is 0. The summed E-state index contributed by atoms with van der Waals surface area (Å²) in [5.41, 5.74) is -0.973. The summed E-state index contributed by atoms with van der Waals surface area (Å²) in [6.45, 7) is 5.37. The molecule has 0 aliphatic carbocycles. The van der Waals surface area contributed by atoms with Gasteiger partial charge in [0.25, 0.3) is 0 Å². The van der Waals surface area contributed by atoms with Gasteiger partial charge in [-0.2, -0.15) is 0 Å². The maximum Gasteiger partial charge on any atom is 0.336 e. The Balaban J connectivity index is 2.61. The quantitative estimate of drug-likeness (QED) is 0.677. The third-order valence-corrected chi connectivity index (χ3v) is 2.44. The summed E-state index contributed by atoms with van der Waals surface area (Å²) in [6, 6.07) is 3.62. The first kappa shape index (κ1) is 15.4. The minimum absolute atomic E-state index is 0.00998. The lowest BCUT2D eigenvalue weighted by molar-refractivity contribution is -0.156. The third-order valence-electron chi connectivity index (χ3n) is 2.44. The fourth-order valence-electron chi connectivity index (χ4n) is 1.40. The van der Waals surface area contributed by atoms with E-state index in [4.69, 9.17) is 9.84 Å². The first-order chi connectivity index (χ1) is 8.83. The molecular weight excluding hydrogens is 248 g/mol. The van der Waals surface area contributed by atoms with Gasteiger partial charge in [-0.3, -0.25) is 0 Å². The van der Waals surface area contributed by atoms with Crippen LogP contribution in [0.25, 0.3) is 0 Å². The fraction of sp³-hybridized carbons (Fsp3) is 0.538. The zero-order chi connectivity index (χ0) is 14.5.